The molecule has 552 valence electrons. The van der Waals surface area contributed by atoms with E-state index in [0.717, 1.165) is 142 Å². The van der Waals surface area contributed by atoms with Crippen LogP contribution in [0.25, 0.3) is 0 Å². The Morgan fingerprint density at radius 3 is 0.426 bits per heavy atom. The van der Waals surface area contributed by atoms with Gasteiger partial charge in [-0.15, -0.1) is 0 Å². The molecule has 0 nitrogen and oxygen atoms in total. The fourth-order valence-corrected chi connectivity index (χ4v) is 23.9. The van der Waals surface area contributed by atoms with Crippen LogP contribution in [0.1, 0.15) is 455 Å². The van der Waals surface area contributed by atoms with E-state index in [1.54, 1.807) is 193 Å². The highest BCUT2D eigenvalue weighted by Gasteiger charge is 2.36. The number of unbranched alkanes of at least 4 members (excludes halogenated alkanes) is 1. The fourth-order valence-electron chi connectivity index (χ4n) is 23.9. The highest BCUT2D eigenvalue weighted by molar-refractivity contribution is 4.87. The first kappa shape index (κ1) is 81.3. The Labute approximate surface area is 594 Å². The van der Waals surface area contributed by atoms with Crippen LogP contribution in [0.3, 0.4) is 0 Å². The first-order valence-electron chi connectivity index (χ1n) is 45.8. The van der Waals surface area contributed by atoms with Gasteiger partial charge in [0.15, 0.2) is 0 Å². The van der Waals surface area contributed by atoms with Gasteiger partial charge in [-0.05, 0) is 296 Å². The third kappa shape index (κ3) is 29.8. The van der Waals surface area contributed by atoms with E-state index in [0.29, 0.717) is 0 Å². The molecule has 0 spiro atoms. The van der Waals surface area contributed by atoms with Gasteiger partial charge in [0.05, 0.1) is 0 Å². The highest BCUT2D eigenvalue weighted by atomic mass is 14.4. The third-order valence-corrected chi connectivity index (χ3v) is 31.8. The van der Waals surface area contributed by atoms with Gasteiger partial charge in [-0.1, -0.05) is 301 Å². The molecule has 0 bridgehead atoms. The molecule has 0 amide bonds. The Hall–Kier alpha value is 0. The van der Waals surface area contributed by atoms with Gasteiger partial charge in [-0.3, -0.25) is 0 Å². The SMILES string of the molecule is CCC1CCC(C2CCC(C)CC2)CC1.CCC1CCC(C2CCC(C)CC2)CC1.CCC1CCC(C2CCC(C)CC2)CC1.CCCC1CCC(C2CCC(C)CC2)CC1.CCCC1CCC(C2CCC(C)CC2)CC1.CCCCC1CCC(C2CCC(C)CC2)CC1. The summed E-state index contributed by atoms with van der Waals surface area (Å²) in [4.78, 5) is 0. The second kappa shape index (κ2) is 46.6. The molecule has 0 aromatic rings. The molecule has 94 heavy (non-hydrogen) atoms. The Balaban J connectivity index is 0.000000160. The Morgan fingerprint density at radius 2 is 0.287 bits per heavy atom. The molecule has 12 aliphatic carbocycles. The van der Waals surface area contributed by atoms with E-state index in [2.05, 4.69) is 83.1 Å². The molecule has 0 unspecified atom stereocenters. The zero-order valence-corrected chi connectivity index (χ0v) is 66.9. The maximum atomic E-state index is 2.44. The summed E-state index contributed by atoms with van der Waals surface area (Å²) in [5.74, 6) is 25.9. The summed E-state index contributed by atoms with van der Waals surface area (Å²) >= 11 is 0. The highest BCUT2D eigenvalue weighted by Crippen LogP contribution is 2.48. The van der Waals surface area contributed by atoms with Crippen molar-refractivity contribution in [3.63, 3.8) is 0 Å². The second-order valence-electron chi connectivity index (χ2n) is 38.7. The molecule has 0 heteroatoms. The van der Waals surface area contributed by atoms with Crippen molar-refractivity contribution >= 4 is 0 Å². The molecule has 0 heterocycles. The molecule has 0 aromatic heterocycles. The molecule has 0 aliphatic heterocycles. The van der Waals surface area contributed by atoms with Crippen LogP contribution in [-0.4, -0.2) is 0 Å². The van der Waals surface area contributed by atoms with Crippen molar-refractivity contribution in [1.82, 2.24) is 0 Å². The Kier molecular flexibility index (Phi) is 40.3. The quantitative estimate of drug-likeness (QED) is 0.144. The van der Waals surface area contributed by atoms with Gasteiger partial charge < -0.3 is 0 Å². The molecule has 12 saturated carbocycles. The van der Waals surface area contributed by atoms with E-state index in [-0.39, 0.29) is 0 Å². The second-order valence-corrected chi connectivity index (χ2v) is 38.7. The van der Waals surface area contributed by atoms with Crippen LogP contribution in [0, 0.1) is 142 Å². The number of hydrogen-bond acceptors (Lipinski definition) is 0. The summed E-state index contributed by atoms with van der Waals surface area (Å²) in [6.07, 6.45) is 88.3. The Morgan fingerprint density at radius 1 is 0.149 bits per heavy atom. The van der Waals surface area contributed by atoms with Gasteiger partial charge >= 0.3 is 0 Å². The zero-order chi connectivity index (χ0) is 66.9. The predicted octanol–water partition coefficient (Wildman–Crippen LogP) is 31.7. The first-order valence-corrected chi connectivity index (χ1v) is 45.8. The largest absolute Gasteiger partial charge is 0.0654 e. The van der Waals surface area contributed by atoms with Crippen LogP contribution in [0.15, 0.2) is 0 Å². The van der Waals surface area contributed by atoms with Crippen molar-refractivity contribution in [3.05, 3.63) is 0 Å². The van der Waals surface area contributed by atoms with Crippen molar-refractivity contribution in [2.24, 2.45) is 142 Å². The van der Waals surface area contributed by atoms with Gasteiger partial charge in [0.1, 0.15) is 0 Å². The van der Waals surface area contributed by atoms with E-state index < -0.39 is 0 Å². The molecule has 12 rings (SSSR count). The third-order valence-electron chi connectivity index (χ3n) is 31.8. The van der Waals surface area contributed by atoms with Crippen LogP contribution in [0.5, 0.6) is 0 Å². The minimum Gasteiger partial charge on any atom is -0.0654 e. The average molecular weight is 1310 g/mol. The zero-order valence-electron chi connectivity index (χ0n) is 66.9. The van der Waals surface area contributed by atoms with Gasteiger partial charge in [-0.25, -0.2) is 0 Å². The van der Waals surface area contributed by atoms with Crippen molar-refractivity contribution in [2.45, 2.75) is 455 Å². The van der Waals surface area contributed by atoms with Crippen molar-refractivity contribution in [1.29, 1.82) is 0 Å². The van der Waals surface area contributed by atoms with Crippen LogP contribution >= 0.6 is 0 Å². The van der Waals surface area contributed by atoms with Crippen LogP contribution in [0.2, 0.25) is 0 Å². The summed E-state index contributed by atoms with van der Waals surface area (Å²) in [7, 11) is 0. The van der Waals surface area contributed by atoms with E-state index in [1.165, 1.54) is 180 Å². The van der Waals surface area contributed by atoms with E-state index in [4.69, 9.17) is 0 Å². The maximum absolute atomic E-state index is 2.44. The summed E-state index contributed by atoms with van der Waals surface area (Å²) in [6.45, 7) is 28.7. The number of rotatable bonds is 16. The van der Waals surface area contributed by atoms with Gasteiger partial charge in [-0.2, -0.15) is 0 Å². The molecule has 12 aliphatic rings. The van der Waals surface area contributed by atoms with E-state index >= 15 is 0 Å². The van der Waals surface area contributed by atoms with E-state index in [9.17, 15) is 0 Å². The summed E-state index contributed by atoms with van der Waals surface area (Å²) < 4.78 is 0. The van der Waals surface area contributed by atoms with Crippen LogP contribution < -0.4 is 0 Å². The summed E-state index contributed by atoms with van der Waals surface area (Å²) in [5.41, 5.74) is 0. The monoisotopic (exact) mass is 1310 g/mol. The molecule has 0 saturated heterocycles. The normalized spacial score (nSPS) is 41.5. The van der Waals surface area contributed by atoms with Crippen molar-refractivity contribution < 1.29 is 0 Å². The molecule has 0 atom stereocenters. The summed E-state index contributed by atoms with van der Waals surface area (Å²) in [6, 6.07) is 0. The minimum absolute atomic E-state index is 1.02. The van der Waals surface area contributed by atoms with Gasteiger partial charge in [0, 0.05) is 0 Å². The minimum atomic E-state index is 1.02. The van der Waals surface area contributed by atoms with Crippen LogP contribution in [0.4, 0.5) is 0 Å². The first-order chi connectivity index (χ1) is 45.8. The molecular formula is C94H176. The average Bonchev–Trinajstić information content (AvgIpc) is 1.25. The topological polar surface area (TPSA) is 0 Å². The molecular weight excluding hydrogens is 1130 g/mol. The maximum Gasteiger partial charge on any atom is -0.0386 e. The molecule has 0 aromatic carbocycles. The molecule has 0 N–H and O–H groups in total. The lowest BCUT2D eigenvalue weighted by Crippen LogP contribution is -2.25. The fraction of sp³-hybridized carbons (Fsp3) is 1.00. The van der Waals surface area contributed by atoms with E-state index in [1.807, 2.05) is 0 Å². The van der Waals surface area contributed by atoms with Crippen LogP contribution in [-0.2, 0) is 0 Å². The summed E-state index contributed by atoms with van der Waals surface area (Å²) in [5, 5.41) is 0. The lowest BCUT2D eigenvalue weighted by molar-refractivity contribution is 0.147. The standard InChI is InChI=1S/C17H32.2C16H30.3C15H28/c1-3-4-5-15-8-12-17(13-9-15)16-10-6-14(2)7-11-16;2*1-3-4-14-7-11-16(12-8-14)15-9-5-13(2)6-10-15;3*1-3-13-6-10-15(11-7-13)14-8-4-12(2)5-9-14/h14-17H,3-13H2,1-2H3;2*13-16H,3-12H2,1-2H3;3*12-15H,3-11H2,1-2H3. The van der Waals surface area contributed by atoms with Crippen molar-refractivity contribution in [2.75, 3.05) is 0 Å². The number of hydrogen-bond donors (Lipinski definition) is 0. The Bertz CT molecular complexity index is 1590. The van der Waals surface area contributed by atoms with Gasteiger partial charge in [0.25, 0.3) is 0 Å². The smallest absolute Gasteiger partial charge is 0.0386 e. The molecule has 12 fully saturated rings. The lowest BCUT2D eigenvalue weighted by Gasteiger charge is -2.37. The lowest BCUT2D eigenvalue weighted by atomic mass is 9.69. The van der Waals surface area contributed by atoms with Gasteiger partial charge in [0.2, 0.25) is 0 Å². The van der Waals surface area contributed by atoms with Crippen molar-refractivity contribution in [3.8, 4) is 0 Å². The predicted molar refractivity (Wildman–Crippen MR) is 420 cm³/mol. The molecule has 0 radical (unpaired) electrons.